The fourth-order valence-electron chi connectivity index (χ4n) is 3.91. The van der Waals surface area contributed by atoms with Gasteiger partial charge in [0.25, 0.3) is 0 Å². The minimum Gasteiger partial charge on any atom is -0.273 e. The first-order valence-corrected chi connectivity index (χ1v) is 9.82. The van der Waals surface area contributed by atoms with Crippen molar-refractivity contribution >= 4 is 43.3 Å². The maximum Gasteiger partial charge on any atom is 0.145 e. The van der Waals surface area contributed by atoms with Gasteiger partial charge in [-0.05, 0) is 35.2 Å². The summed E-state index contributed by atoms with van der Waals surface area (Å²) in [6.07, 6.45) is 4.60. The largest absolute Gasteiger partial charge is 0.273 e. The van der Waals surface area contributed by atoms with Crippen LogP contribution in [0.5, 0.6) is 0 Å². The van der Waals surface area contributed by atoms with Gasteiger partial charge in [0, 0.05) is 26.6 Å². The summed E-state index contributed by atoms with van der Waals surface area (Å²) in [5.74, 6) is 0. The average molecular weight is 430 g/mol. The Bertz CT molecular complexity index is 616. The van der Waals surface area contributed by atoms with Crippen LogP contribution in [0, 0.1) is 10.8 Å². The molecule has 122 valence electrons. The van der Waals surface area contributed by atoms with Crippen molar-refractivity contribution in [2.45, 2.75) is 77.2 Å². The van der Waals surface area contributed by atoms with E-state index in [4.69, 9.17) is 9.98 Å². The van der Waals surface area contributed by atoms with E-state index in [9.17, 15) is 0 Å². The lowest BCUT2D eigenvalue weighted by Crippen LogP contribution is -2.47. The van der Waals surface area contributed by atoms with E-state index in [0.29, 0.717) is 0 Å². The van der Waals surface area contributed by atoms with Crippen molar-refractivity contribution in [3.8, 4) is 0 Å². The van der Waals surface area contributed by atoms with E-state index in [0.717, 1.165) is 12.8 Å². The summed E-state index contributed by atoms with van der Waals surface area (Å²) in [6.45, 7) is 13.5. The molecule has 1 aliphatic carbocycles. The molecule has 22 heavy (non-hydrogen) atoms. The van der Waals surface area contributed by atoms with Gasteiger partial charge in [-0.15, -0.1) is 0 Å². The van der Waals surface area contributed by atoms with Crippen LogP contribution in [0.2, 0.25) is 0 Å². The summed E-state index contributed by atoms with van der Waals surface area (Å²) in [7, 11) is 0. The molecule has 0 N–H and O–H groups in total. The Labute approximate surface area is 151 Å². The highest BCUT2D eigenvalue weighted by Gasteiger charge is 2.64. The second-order valence-corrected chi connectivity index (χ2v) is 11.0. The fourth-order valence-corrected chi connectivity index (χ4v) is 6.06. The summed E-state index contributed by atoms with van der Waals surface area (Å²) in [5, 5.41) is 0. The Balaban J connectivity index is 2.28. The molecule has 1 spiro atoms. The molecule has 3 aliphatic rings. The normalized spacial score (nSPS) is 35.3. The Hall–Kier alpha value is 0.0400. The second-order valence-electron chi connectivity index (χ2n) is 8.94. The Morgan fingerprint density at radius 2 is 1.41 bits per heavy atom. The van der Waals surface area contributed by atoms with Crippen molar-refractivity contribution in [2.24, 2.45) is 20.8 Å². The summed E-state index contributed by atoms with van der Waals surface area (Å²) in [5.41, 5.74) is 3.64. The lowest BCUT2D eigenvalue weighted by molar-refractivity contribution is 0.298. The van der Waals surface area contributed by atoms with E-state index < -0.39 is 0 Å². The molecule has 0 saturated heterocycles. The standard InChI is InChI=1S/C18H26Br2N2/c1-15(2,3)13-11-12(19)14(16(4,5)6)21-17(11)9-7-8-10-18(17,20)22-13/h7-10H2,1-6H3/t17-,18+/m0/s1. The van der Waals surface area contributed by atoms with Gasteiger partial charge in [0.15, 0.2) is 0 Å². The van der Waals surface area contributed by atoms with Crippen LogP contribution in [0.25, 0.3) is 0 Å². The molecule has 0 aromatic heterocycles. The van der Waals surface area contributed by atoms with Crippen LogP contribution < -0.4 is 0 Å². The van der Waals surface area contributed by atoms with E-state index in [1.165, 1.54) is 34.3 Å². The van der Waals surface area contributed by atoms with E-state index in [-0.39, 0.29) is 20.8 Å². The molecule has 2 atom stereocenters. The summed E-state index contributed by atoms with van der Waals surface area (Å²) in [4.78, 5) is 10.5. The zero-order valence-electron chi connectivity index (χ0n) is 14.5. The van der Waals surface area contributed by atoms with Crippen molar-refractivity contribution < 1.29 is 0 Å². The average Bonchev–Trinajstić information content (AvgIpc) is 2.79. The molecule has 3 rings (SSSR count). The number of aliphatic imine (C=N–C) groups is 2. The third-order valence-electron chi connectivity index (χ3n) is 5.02. The first kappa shape index (κ1) is 16.9. The molecule has 1 saturated carbocycles. The number of hydrogen-bond acceptors (Lipinski definition) is 2. The lowest BCUT2D eigenvalue weighted by atomic mass is 9.72. The SMILES string of the molecule is CC(C)(C)C1=N[C@]23CCCC[C@@]2(Br)N=C(C(C)(C)C)C3=C1Br. The van der Waals surface area contributed by atoms with Crippen LogP contribution in [-0.4, -0.2) is 21.4 Å². The van der Waals surface area contributed by atoms with Crippen molar-refractivity contribution in [1.82, 2.24) is 0 Å². The molecule has 0 unspecified atom stereocenters. The maximum absolute atomic E-state index is 5.33. The molecule has 1 fully saturated rings. The van der Waals surface area contributed by atoms with Crippen molar-refractivity contribution in [3.05, 3.63) is 10.1 Å². The van der Waals surface area contributed by atoms with Crippen LogP contribution in [-0.2, 0) is 0 Å². The Morgan fingerprint density at radius 3 is 1.95 bits per heavy atom. The third kappa shape index (κ3) is 2.16. The predicted octanol–water partition coefficient (Wildman–Crippen LogP) is 6.04. The van der Waals surface area contributed by atoms with Gasteiger partial charge in [-0.25, -0.2) is 0 Å². The molecule has 0 aromatic rings. The molecule has 0 radical (unpaired) electrons. The number of rotatable bonds is 0. The topological polar surface area (TPSA) is 24.7 Å². The van der Waals surface area contributed by atoms with Gasteiger partial charge < -0.3 is 0 Å². The molecule has 2 aliphatic heterocycles. The minimum atomic E-state index is -0.248. The summed E-state index contributed by atoms with van der Waals surface area (Å²) < 4.78 is 0.944. The zero-order chi connectivity index (χ0) is 16.6. The van der Waals surface area contributed by atoms with Crippen molar-refractivity contribution in [1.29, 1.82) is 0 Å². The number of alkyl halides is 1. The monoisotopic (exact) mass is 428 g/mol. The van der Waals surface area contributed by atoms with Crippen LogP contribution in [0.1, 0.15) is 67.2 Å². The van der Waals surface area contributed by atoms with E-state index in [1.807, 2.05) is 0 Å². The molecule has 0 bridgehead atoms. The van der Waals surface area contributed by atoms with Gasteiger partial charge in [0.1, 0.15) is 9.99 Å². The van der Waals surface area contributed by atoms with Gasteiger partial charge in [-0.1, -0.05) is 63.9 Å². The summed E-state index contributed by atoms with van der Waals surface area (Å²) >= 11 is 7.93. The molecule has 2 heterocycles. The minimum absolute atomic E-state index is 0.0301. The number of allylic oxidation sites excluding steroid dienone is 1. The van der Waals surface area contributed by atoms with Crippen LogP contribution in [0.3, 0.4) is 0 Å². The highest BCUT2D eigenvalue weighted by atomic mass is 79.9. The first-order chi connectivity index (χ1) is 9.92. The molecule has 4 heteroatoms. The quantitative estimate of drug-likeness (QED) is 0.331. The highest BCUT2D eigenvalue weighted by molar-refractivity contribution is 9.12. The Morgan fingerprint density at radius 1 is 0.864 bits per heavy atom. The van der Waals surface area contributed by atoms with Crippen molar-refractivity contribution in [3.63, 3.8) is 0 Å². The Kier molecular flexibility index (Phi) is 3.67. The fraction of sp³-hybridized carbons (Fsp3) is 0.778. The maximum atomic E-state index is 5.33. The zero-order valence-corrected chi connectivity index (χ0v) is 17.7. The van der Waals surface area contributed by atoms with Crippen molar-refractivity contribution in [2.75, 3.05) is 0 Å². The second kappa shape index (κ2) is 4.78. The van der Waals surface area contributed by atoms with Gasteiger partial charge in [0.05, 0.1) is 5.71 Å². The smallest absolute Gasteiger partial charge is 0.145 e. The van der Waals surface area contributed by atoms with Gasteiger partial charge in [0.2, 0.25) is 0 Å². The molecule has 2 nitrogen and oxygen atoms in total. The highest BCUT2D eigenvalue weighted by Crippen LogP contribution is 2.61. The predicted molar refractivity (Wildman–Crippen MR) is 103 cm³/mol. The van der Waals surface area contributed by atoms with E-state index in [1.54, 1.807) is 0 Å². The van der Waals surface area contributed by atoms with Crippen LogP contribution >= 0.6 is 31.9 Å². The molecular formula is C18H26Br2N2. The lowest BCUT2D eigenvalue weighted by Gasteiger charge is -2.41. The number of halogens is 2. The summed E-state index contributed by atoms with van der Waals surface area (Å²) in [6, 6.07) is 0. The van der Waals surface area contributed by atoms with E-state index in [2.05, 4.69) is 73.4 Å². The molecule has 0 aromatic carbocycles. The van der Waals surface area contributed by atoms with Gasteiger partial charge in [-0.3, -0.25) is 9.98 Å². The van der Waals surface area contributed by atoms with E-state index >= 15 is 0 Å². The molecule has 0 amide bonds. The first-order valence-electron chi connectivity index (χ1n) is 8.23. The number of hydrogen-bond donors (Lipinski definition) is 0. The number of nitrogens with zero attached hydrogens (tertiary/aromatic N) is 2. The van der Waals surface area contributed by atoms with Gasteiger partial charge in [-0.2, -0.15) is 0 Å². The third-order valence-corrected chi connectivity index (χ3v) is 7.02. The van der Waals surface area contributed by atoms with Gasteiger partial charge >= 0.3 is 0 Å². The van der Waals surface area contributed by atoms with Crippen LogP contribution in [0.4, 0.5) is 0 Å². The molecular weight excluding hydrogens is 404 g/mol. The van der Waals surface area contributed by atoms with Crippen LogP contribution in [0.15, 0.2) is 20.0 Å².